The van der Waals surface area contributed by atoms with Crippen molar-refractivity contribution in [3.63, 3.8) is 0 Å². The number of hydrogen-bond donors (Lipinski definition) is 0. The highest BCUT2D eigenvalue weighted by Gasteiger charge is 2.12. The summed E-state index contributed by atoms with van der Waals surface area (Å²) in [6.45, 7) is 9.01. The molecule has 0 aliphatic heterocycles. The normalized spacial score (nSPS) is 11.4. The zero-order valence-corrected chi connectivity index (χ0v) is 16.2. The minimum Gasteiger partial charge on any atom is -0.484 e. The SMILES string of the molecule is CCN(CC)CCCn1c(COc2ccccc2Cl)nc2ccccc21. The van der Waals surface area contributed by atoms with E-state index in [1.807, 2.05) is 30.3 Å². The summed E-state index contributed by atoms with van der Waals surface area (Å²) in [6.07, 6.45) is 1.08. The second kappa shape index (κ2) is 9.06. The molecule has 0 radical (unpaired) electrons. The van der Waals surface area contributed by atoms with Gasteiger partial charge in [0.25, 0.3) is 0 Å². The van der Waals surface area contributed by atoms with Gasteiger partial charge in [0.15, 0.2) is 0 Å². The molecular weight excluding hydrogens is 346 g/mol. The molecule has 3 rings (SSSR count). The molecule has 0 amide bonds. The van der Waals surface area contributed by atoms with Gasteiger partial charge in [-0.25, -0.2) is 4.98 Å². The molecule has 0 fully saturated rings. The maximum Gasteiger partial charge on any atom is 0.148 e. The van der Waals surface area contributed by atoms with Crippen LogP contribution in [0.25, 0.3) is 11.0 Å². The topological polar surface area (TPSA) is 30.3 Å². The van der Waals surface area contributed by atoms with Gasteiger partial charge in [0.05, 0.1) is 16.1 Å². The van der Waals surface area contributed by atoms with Crippen molar-refractivity contribution >= 4 is 22.6 Å². The summed E-state index contributed by atoms with van der Waals surface area (Å²) in [5.41, 5.74) is 2.16. The van der Waals surface area contributed by atoms with Crippen molar-refractivity contribution in [2.75, 3.05) is 19.6 Å². The highest BCUT2D eigenvalue weighted by molar-refractivity contribution is 6.32. The van der Waals surface area contributed by atoms with Gasteiger partial charge in [0.2, 0.25) is 0 Å². The van der Waals surface area contributed by atoms with Crippen LogP contribution in [-0.4, -0.2) is 34.1 Å². The summed E-state index contributed by atoms with van der Waals surface area (Å²) in [7, 11) is 0. The second-order valence-electron chi connectivity index (χ2n) is 6.27. The Morgan fingerprint density at radius 2 is 1.77 bits per heavy atom. The van der Waals surface area contributed by atoms with Crippen LogP contribution in [0.5, 0.6) is 5.75 Å². The average Bonchev–Trinajstić information content (AvgIpc) is 3.02. The van der Waals surface area contributed by atoms with E-state index in [2.05, 4.69) is 41.5 Å². The van der Waals surface area contributed by atoms with E-state index in [1.54, 1.807) is 0 Å². The summed E-state index contributed by atoms with van der Waals surface area (Å²) in [5, 5.41) is 0.622. The fourth-order valence-corrected chi connectivity index (χ4v) is 3.37. The highest BCUT2D eigenvalue weighted by atomic mass is 35.5. The number of rotatable bonds is 9. The first-order chi connectivity index (χ1) is 12.7. The standard InChI is InChI=1S/C21H26ClN3O/c1-3-24(4-2)14-9-15-25-19-12-7-6-11-18(19)23-21(25)16-26-20-13-8-5-10-17(20)22/h5-8,10-13H,3-4,9,14-16H2,1-2H3. The van der Waals surface area contributed by atoms with Crippen LogP contribution in [-0.2, 0) is 13.2 Å². The number of imidazole rings is 1. The molecule has 0 saturated carbocycles. The minimum atomic E-state index is 0.406. The second-order valence-corrected chi connectivity index (χ2v) is 6.68. The Balaban J connectivity index is 1.77. The summed E-state index contributed by atoms with van der Waals surface area (Å²) in [6, 6.07) is 15.8. The van der Waals surface area contributed by atoms with Crippen LogP contribution in [0.4, 0.5) is 0 Å². The molecular formula is C21H26ClN3O. The first-order valence-corrected chi connectivity index (χ1v) is 9.64. The monoisotopic (exact) mass is 371 g/mol. The van der Waals surface area contributed by atoms with Crippen molar-refractivity contribution in [3.05, 3.63) is 59.4 Å². The van der Waals surface area contributed by atoms with E-state index in [9.17, 15) is 0 Å². The number of nitrogens with zero attached hydrogens (tertiary/aromatic N) is 3. The van der Waals surface area contributed by atoms with Gasteiger partial charge in [0.1, 0.15) is 18.2 Å². The predicted molar refractivity (Wildman–Crippen MR) is 108 cm³/mol. The van der Waals surface area contributed by atoms with E-state index in [0.717, 1.165) is 49.5 Å². The number of halogens is 1. The van der Waals surface area contributed by atoms with Gasteiger partial charge in [-0.05, 0) is 50.3 Å². The van der Waals surface area contributed by atoms with Gasteiger partial charge >= 0.3 is 0 Å². The lowest BCUT2D eigenvalue weighted by Gasteiger charge is -2.18. The first kappa shape index (κ1) is 18.7. The molecule has 1 aromatic heterocycles. The molecule has 1 heterocycles. The van der Waals surface area contributed by atoms with Crippen LogP contribution in [0.15, 0.2) is 48.5 Å². The average molecular weight is 372 g/mol. The summed E-state index contributed by atoms with van der Waals surface area (Å²) in [4.78, 5) is 7.22. The molecule has 0 saturated heterocycles. The maximum absolute atomic E-state index is 6.20. The van der Waals surface area contributed by atoms with Crippen molar-refractivity contribution < 1.29 is 4.74 Å². The van der Waals surface area contributed by atoms with Gasteiger partial charge < -0.3 is 14.2 Å². The Hall–Kier alpha value is -2.04. The van der Waals surface area contributed by atoms with E-state index < -0.39 is 0 Å². The van der Waals surface area contributed by atoms with Crippen molar-refractivity contribution in [1.82, 2.24) is 14.5 Å². The van der Waals surface area contributed by atoms with Crippen LogP contribution in [0.3, 0.4) is 0 Å². The van der Waals surface area contributed by atoms with Crippen molar-refractivity contribution in [2.24, 2.45) is 0 Å². The number of aryl methyl sites for hydroxylation is 1. The van der Waals surface area contributed by atoms with Crippen molar-refractivity contribution in [2.45, 2.75) is 33.4 Å². The number of ether oxygens (including phenoxy) is 1. The van der Waals surface area contributed by atoms with E-state index in [0.29, 0.717) is 17.4 Å². The van der Waals surface area contributed by atoms with E-state index in [4.69, 9.17) is 21.3 Å². The summed E-state index contributed by atoms with van der Waals surface area (Å²) >= 11 is 6.20. The third-order valence-electron chi connectivity index (χ3n) is 4.68. The van der Waals surface area contributed by atoms with Crippen molar-refractivity contribution in [3.8, 4) is 5.75 Å². The largest absolute Gasteiger partial charge is 0.484 e. The van der Waals surface area contributed by atoms with Crippen LogP contribution in [0.1, 0.15) is 26.1 Å². The Morgan fingerprint density at radius 1 is 1.04 bits per heavy atom. The Morgan fingerprint density at radius 3 is 2.54 bits per heavy atom. The number of benzene rings is 2. The quantitative estimate of drug-likeness (QED) is 0.530. The third-order valence-corrected chi connectivity index (χ3v) is 4.99. The number of aromatic nitrogens is 2. The van der Waals surface area contributed by atoms with Gasteiger partial charge in [-0.3, -0.25) is 0 Å². The Kier molecular flexibility index (Phi) is 6.53. The van der Waals surface area contributed by atoms with Gasteiger partial charge in [-0.15, -0.1) is 0 Å². The fraction of sp³-hybridized carbons (Fsp3) is 0.381. The third kappa shape index (κ3) is 4.37. The zero-order chi connectivity index (χ0) is 18.4. The molecule has 0 aliphatic rings. The highest BCUT2D eigenvalue weighted by Crippen LogP contribution is 2.25. The van der Waals surface area contributed by atoms with Gasteiger partial charge in [-0.1, -0.05) is 49.7 Å². The molecule has 26 heavy (non-hydrogen) atoms. The van der Waals surface area contributed by atoms with E-state index in [1.165, 1.54) is 0 Å². The molecule has 0 aliphatic carbocycles. The van der Waals surface area contributed by atoms with E-state index >= 15 is 0 Å². The van der Waals surface area contributed by atoms with E-state index in [-0.39, 0.29) is 0 Å². The van der Waals surface area contributed by atoms with Gasteiger partial charge in [-0.2, -0.15) is 0 Å². The molecule has 138 valence electrons. The molecule has 4 nitrogen and oxygen atoms in total. The Bertz CT molecular complexity index is 842. The van der Waals surface area contributed by atoms with Crippen LogP contribution in [0, 0.1) is 0 Å². The summed E-state index contributed by atoms with van der Waals surface area (Å²) < 4.78 is 8.21. The lowest BCUT2D eigenvalue weighted by Crippen LogP contribution is -2.25. The Labute approximate surface area is 160 Å². The molecule has 3 aromatic rings. The molecule has 2 aromatic carbocycles. The van der Waals surface area contributed by atoms with Crippen LogP contribution < -0.4 is 4.74 Å². The van der Waals surface area contributed by atoms with Crippen molar-refractivity contribution in [1.29, 1.82) is 0 Å². The molecule has 0 bridgehead atoms. The lowest BCUT2D eigenvalue weighted by molar-refractivity contribution is 0.279. The molecule has 0 spiro atoms. The van der Waals surface area contributed by atoms with Gasteiger partial charge in [0, 0.05) is 6.54 Å². The lowest BCUT2D eigenvalue weighted by atomic mass is 10.3. The number of fused-ring (bicyclic) bond motifs is 1. The first-order valence-electron chi connectivity index (χ1n) is 9.26. The number of para-hydroxylation sites is 3. The van der Waals surface area contributed by atoms with Crippen LogP contribution >= 0.6 is 11.6 Å². The maximum atomic E-state index is 6.20. The smallest absolute Gasteiger partial charge is 0.148 e. The predicted octanol–water partition coefficient (Wildman–Crippen LogP) is 5.00. The van der Waals surface area contributed by atoms with Crippen LogP contribution in [0.2, 0.25) is 5.02 Å². The molecule has 0 atom stereocenters. The number of hydrogen-bond acceptors (Lipinski definition) is 3. The fourth-order valence-electron chi connectivity index (χ4n) is 3.18. The minimum absolute atomic E-state index is 0.406. The zero-order valence-electron chi connectivity index (χ0n) is 15.5. The molecule has 0 N–H and O–H groups in total. The molecule has 5 heteroatoms. The summed E-state index contributed by atoms with van der Waals surface area (Å²) in [5.74, 6) is 1.63. The molecule has 0 unspecified atom stereocenters.